The average Bonchev–Trinajstić information content (AvgIpc) is 3.07. The first-order valence-corrected chi connectivity index (χ1v) is 8.99. The van der Waals surface area contributed by atoms with Crippen LogP contribution in [0.4, 0.5) is 13.2 Å². The number of alkyl halides is 3. The van der Waals surface area contributed by atoms with Crippen LogP contribution >= 0.6 is 0 Å². The molecule has 0 spiro atoms. The van der Waals surface area contributed by atoms with Gasteiger partial charge < -0.3 is 14.5 Å². The van der Waals surface area contributed by atoms with Gasteiger partial charge in [-0.1, -0.05) is 48.5 Å². The van der Waals surface area contributed by atoms with Crippen molar-refractivity contribution in [2.75, 3.05) is 13.7 Å². The molecule has 3 rings (SSSR count). The normalized spacial score (nSPS) is 16.6. The van der Waals surface area contributed by atoms with Crippen molar-refractivity contribution in [1.82, 2.24) is 9.80 Å². The number of carbonyl (C=O) groups is 1. The van der Waals surface area contributed by atoms with E-state index in [1.54, 1.807) is 29.2 Å². The van der Waals surface area contributed by atoms with Crippen LogP contribution in [-0.4, -0.2) is 35.6 Å². The fourth-order valence-electron chi connectivity index (χ4n) is 3.39. The van der Waals surface area contributed by atoms with E-state index in [1.165, 1.54) is 18.1 Å². The molecule has 0 saturated heterocycles. The molecule has 4 nitrogen and oxygen atoms in total. The molecule has 0 bridgehead atoms. The Morgan fingerprint density at radius 1 is 1.14 bits per heavy atom. The monoisotopic (exact) mass is 402 g/mol. The maximum atomic E-state index is 13.7. The fraction of sp³-hybridized carbons (Fsp3) is 0.227. The second kappa shape index (κ2) is 8.43. The molecule has 1 unspecified atom stereocenters. The van der Waals surface area contributed by atoms with E-state index in [9.17, 15) is 18.0 Å². The molecular weight excluding hydrogens is 381 g/mol. The van der Waals surface area contributed by atoms with Crippen molar-refractivity contribution in [3.05, 3.63) is 95.8 Å². The standard InChI is InChI=1S/C22H21F3N2O2/c1-3-13-27-19(22(23,24)25)15-26(14-16-7-5-4-6-8-16)20(27)17-9-11-18(12-10-17)21(28)29-2/h3-12,15,20H,1,13-14H2,2H3. The summed E-state index contributed by atoms with van der Waals surface area (Å²) in [5.74, 6) is -0.499. The van der Waals surface area contributed by atoms with Gasteiger partial charge in [-0.15, -0.1) is 6.58 Å². The minimum Gasteiger partial charge on any atom is -0.465 e. The molecule has 1 heterocycles. The van der Waals surface area contributed by atoms with E-state index in [-0.39, 0.29) is 6.54 Å². The number of benzene rings is 2. The number of esters is 1. The molecule has 0 aliphatic carbocycles. The van der Waals surface area contributed by atoms with Gasteiger partial charge in [0, 0.05) is 19.3 Å². The molecular formula is C22H21F3N2O2. The van der Waals surface area contributed by atoms with Gasteiger partial charge in [-0.3, -0.25) is 0 Å². The molecule has 1 aliphatic heterocycles. The van der Waals surface area contributed by atoms with Gasteiger partial charge in [0.15, 0.2) is 0 Å². The molecule has 1 atom stereocenters. The summed E-state index contributed by atoms with van der Waals surface area (Å²) in [6.07, 6.45) is -2.59. The number of allylic oxidation sites excluding steroid dienone is 1. The Kier molecular flexibility index (Phi) is 5.96. The molecule has 0 saturated carbocycles. The molecule has 0 amide bonds. The van der Waals surface area contributed by atoms with Crippen LogP contribution in [0.2, 0.25) is 0 Å². The van der Waals surface area contributed by atoms with Gasteiger partial charge >= 0.3 is 12.1 Å². The van der Waals surface area contributed by atoms with Crippen molar-refractivity contribution < 1.29 is 22.7 Å². The molecule has 2 aromatic carbocycles. The Labute approximate surface area is 167 Å². The first-order chi connectivity index (χ1) is 13.8. The summed E-state index contributed by atoms with van der Waals surface area (Å²) < 4.78 is 45.8. The van der Waals surface area contributed by atoms with E-state index in [4.69, 9.17) is 4.74 Å². The largest absolute Gasteiger partial charge is 0.465 e. The Balaban J connectivity index is 2.01. The van der Waals surface area contributed by atoms with Gasteiger partial charge in [0.2, 0.25) is 0 Å². The van der Waals surface area contributed by atoms with E-state index in [2.05, 4.69) is 6.58 Å². The van der Waals surface area contributed by atoms with Crippen LogP contribution in [0, 0.1) is 0 Å². The summed E-state index contributed by atoms with van der Waals surface area (Å²) in [6.45, 7) is 3.94. The minimum atomic E-state index is -4.50. The SMILES string of the molecule is C=CCN1C(C(F)(F)F)=CN(Cc2ccccc2)C1c1ccc(C(=O)OC)cc1. The fourth-order valence-corrected chi connectivity index (χ4v) is 3.39. The zero-order chi connectivity index (χ0) is 21.0. The average molecular weight is 402 g/mol. The molecule has 0 fully saturated rings. The third kappa shape index (κ3) is 4.45. The van der Waals surface area contributed by atoms with Crippen LogP contribution < -0.4 is 0 Å². The zero-order valence-electron chi connectivity index (χ0n) is 15.9. The number of nitrogens with zero attached hydrogens (tertiary/aromatic N) is 2. The highest BCUT2D eigenvalue weighted by atomic mass is 19.4. The molecule has 0 aromatic heterocycles. The lowest BCUT2D eigenvalue weighted by molar-refractivity contribution is -0.112. The third-order valence-corrected chi connectivity index (χ3v) is 4.66. The molecule has 0 N–H and O–H groups in total. The van der Waals surface area contributed by atoms with Crippen molar-refractivity contribution in [2.45, 2.75) is 18.9 Å². The van der Waals surface area contributed by atoms with Crippen LogP contribution in [-0.2, 0) is 11.3 Å². The van der Waals surface area contributed by atoms with Crippen molar-refractivity contribution in [2.24, 2.45) is 0 Å². The summed E-state index contributed by atoms with van der Waals surface area (Å²) >= 11 is 0. The van der Waals surface area contributed by atoms with Crippen molar-refractivity contribution in [3.63, 3.8) is 0 Å². The Bertz CT molecular complexity index is 893. The summed E-state index contributed by atoms with van der Waals surface area (Å²) in [7, 11) is 1.28. The van der Waals surface area contributed by atoms with Gasteiger partial charge in [-0.2, -0.15) is 13.2 Å². The summed E-state index contributed by atoms with van der Waals surface area (Å²) in [6, 6.07) is 15.7. The summed E-state index contributed by atoms with van der Waals surface area (Å²) in [5.41, 5.74) is 1.13. The molecule has 29 heavy (non-hydrogen) atoms. The van der Waals surface area contributed by atoms with Gasteiger partial charge in [-0.25, -0.2) is 4.79 Å². The highest BCUT2D eigenvalue weighted by molar-refractivity contribution is 5.89. The number of hydrogen-bond acceptors (Lipinski definition) is 4. The van der Waals surface area contributed by atoms with E-state index < -0.39 is 24.0 Å². The maximum absolute atomic E-state index is 13.7. The third-order valence-electron chi connectivity index (χ3n) is 4.66. The summed E-state index contributed by atoms with van der Waals surface area (Å²) in [4.78, 5) is 14.6. The summed E-state index contributed by atoms with van der Waals surface area (Å²) in [5, 5.41) is 0. The number of methoxy groups -OCH3 is 1. The van der Waals surface area contributed by atoms with Crippen molar-refractivity contribution in [1.29, 1.82) is 0 Å². The Morgan fingerprint density at radius 3 is 2.34 bits per heavy atom. The second-order valence-corrected chi connectivity index (χ2v) is 6.60. The van der Waals surface area contributed by atoms with E-state index in [0.29, 0.717) is 17.7 Å². The zero-order valence-corrected chi connectivity index (χ0v) is 15.9. The quantitative estimate of drug-likeness (QED) is 0.509. The molecule has 0 radical (unpaired) electrons. The molecule has 1 aliphatic rings. The number of ether oxygens (including phenoxy) is 1. The van der Waals surface area contributed by atoms with E-state index in [1.807, 2.05) is 30.3 Å². The van der Waals surface area contributed by atoms with E-state index in [0.717, 1.165) is 11.8 Å². The van der Waals surface area contributed by atoms with Crippen molar-refractivity contribution in [3.8, 4) is 0 Å². The Hall–Kier alpha value is -3.22. The van der Waals surface area contributed by atoms with E-state index >= 15 is 0 Å². The smallest absolute Gasteiger partial charge is 0.432 e. The second-order valence-electron chi connectivity index (χ2n) is 6.60. The van der Waals surface area contributed by atoms with Gasteiger partial charge in [0.05, 0.1) is 12.7 Å². The lowest BCUT2D eigenvalue weighted by atomic mass is 10.1. The number of rotatable bonds is 6. The number of hydrogen-bond donors (Lipinski definition) is 0. The molecule has 2 aromatic rings. The van der Waals surface area contributed by atoms with Gasteiger partial charge in [0.1, 0.15) is 11.9 Å². The highest BCUT2D eigenvalue weighted by Crippen LogP contribution is 2.42. The minimum absolute atomic E-state index is 0.0278. The first-order valence-electron chi connectivity index (χ1n) is 8.99. The predicted octanol–water partition coefficient (Wildman–Crippen LogP) is 4.88. The maximum Gasteiger partial charge on any atom is 0.432 e. The van der Waals surface area contributed by atoms with Gasteiger partial charge in [-0.05, 0) is 23.3 Å². The van der Waals surface area contributed by atoms with Crippen molar-refractivity contribution >= 4 is 5.97 Å². The predicted molar refractivity (Wildman–Crippen MR) is 104 cm³/mol. The molecule has 152 valence electrons. The lowest BCUT2D eigenvalue weighted by Gasteiger charge is -2.34. The first kappa shape index (κ1) is 20.5. The van der Waals surface area contributed by atoms with Crippen LogP contribution in [0.1, 0.15) is 27.7 Å². The van der Waals surface area contributed by atoms with Crippen LogP contribution in [0.15, 0.2) is 79.1 Å². The number of carbonyl (C=O) groups excluding carboxylic acids is 1. The van der Waals surface area contributed by atoms with Crippen LogP contribution in [0.5, 0.6) is 0 Å². The van der Waals surface area contributed by atoms with Crippen LogP contribution in [0.3, 0.4) is 0 Å². The number of halogens is 3. The van der Waals surface area contributed by atoms with Crippen LogP contribution in [0.25, 0.3) is 0 Å². The lowest BCUT2D eigenvalue weighted by Crippen LogP contribution is -2.35. The topological polar surface area (TPSA) is 32.8 Å². The molecule has 7 heteroatoms. The van der Waals surface area contributed by atoms with Gasteiger partial charge in [0.25, 0.3) is 0 Å². The highest BCUT2D eigenvalue weighted by Gasteiger charge is 2.46. The Morgan fingerprint density at radius 2 is 1.79 bits per heavy atom.